The van der Waals surface area contributed by atoms with E-state index in [0.717, 1.165) is 6.54 Å². The average Bonchev–Trinajstić information content (AvgIpc) is 2.90. The van der Waals surface area contributed by atoms with Crippen LogP contribution in [0.4, 0.5) is 11.5 Å². The van der Waals surface area contributed by atoms with Crippen molar-refractivity contribution in [1.29, 1.82) is 5.26 Å². The highest BCUT2D eigenvalue weighted by Crippen LogP contribution is 2.17. The van der Waals surface area contributed by atoms with E-state index in [2.05, 4.69) is 22.1 Å². The first kappa shape index (κ1) is 12.7. The molecule has 1 fully saturated rings. The number of nitrogens with zero attached hydrogens (tertiary/aromatic N) is 3. The van der Waals surface area contributed by atoms with Crippen LogP contribution in [0.5, 0.6) is 0 Å². The molecule has 5 heteroatoms. The maximum atomic E-state index is 8.74. The Balaban J connectivity index is 1.91. The van der Waals surface area contributed by atoms with Gasteiger partial charge in [-0.25, -0.2) is 4.98 Å². The van der Waals surface area contributed by atoms with Crippen molar-refractivity contribution in [2.45, 2.75) is 25.8 Å². The number of aromatic nitrogens is 1. The molecule has 0 bridgehead atoms. The van der Waals surface area contributed by atoms with Crippen LogP contribution in [0.25, 0.3) is 0 Å². The molecule has 0 radical (unpaired) electrons. The smallest absolute Gasteiger partial charge is 0.149 e. The standard InChI is InChI=1S/C13H19N5/c1-10(18-4-2-3-5-18)8-16-13-12(15)6-11(7-14)9-17-13/h6,9-10H,2-5,8,15H2,1H3,(H,16,17). The molecule has 2 rings (SSSR count). The zero-order valence-corrected chi connectivity index (χ0v) is 10.7. The van der Waals surface area contributed by atoms with Gasteiger partial charge in [0.2, 0.25) is 0 Å². The Hall–Kier alpha value is -1.80. The Bertz CT molecular complexity index is 445. The summed E-state index contributed by atoms with van der Waals surface area (Å²) in [6.07, 6.45) is 4.13. The SMILES string of the molecule is CC(CNc1ncc(C#N)cc1N)N1CCCC1. The van der Waals surface area contributed by atoms with Gasteiger partial charge >= 0.3 is 0 Å². The van der Waals surface area contributed by atoms with Crippen LogP contribution in [-0.2, 0) is 0 Å². The summed E-state index contributed by atoms with van der Waals surface area (Å²) in [4.78, 5) is 6.64. The first-order valence-electron chi connectivity index (χ1n) is 6.34. The lowest BCUT2D eigenvalue weighted by Crippen LogP contribution is -2.35. The number of rotatable bonds is 4. The van der Waals surface area contributed by atoms with E-state index in [1.165, 1.54) is 25.9 Å². The van der Waals surface area contributed by atoms with E-state index in [4.69, 9.17) is 11.0 Å². The summed E-state index contributed by atoms with van der Waals surface area (Å²) in [5, 5.41) is 12.0. The van der Waals surface area contributed by atoms with Gasteiger partial charge in [-0.3, -0.25) is 4.90 Å². The fourth-order valence-electron chi connectivity index (χ4n) is 2.25. The predicted octanol–water partition coefficient (Wildman–Crippen LogP) is 1.43. The molecule has 0 spiro atoms. The second kappa shape index (κ2) is 5.69. The average molecular weight is 245 g/mol. The Labute approximate surface area is 108 Å². The molecule has 0 aliphatic carbocycles. The molecule has 2 heterocycles. The van der Waals surface area contributed by atoms with E-state index in [9.17, 15) is 0 Å². The molecule has 1 aromatic heterocycles. The lowest BCUT2D eigenvalue weighted by molar-refractivity contribution is 0.269. The Morgan fingerprint density at radius 3 is 2.89 bits per heavy atom. The number of hydrogen-bond acceptors (Lipinski definition) is 5. The van der Waals surface area contributed by atoms with Gasteiger partial charge in [0, 0.05) is 18.8 Å². The lowest BCUT2D eigenvalue weighted by atomic mass is 10.2. The molecule has 0 saturated carbocycles. The minimum absolute atomic E-state index is 0.476. The van der Waals surface area contributed by atoms with E-state index in [0.29, 0.717) is 23.1 Å². The van der Waals surface area contributed by atoms with Crippen LogP contribution in [0.1, 0.15) is 25.3 Å². The first-order chi connectivity index (χ1) is 8.70. The molecule has 1 saturated heterocycles. The van der Waals surface area contributed by atoms with E-state index in [1.807, 2.05) is 6.07 Å². The third-order valence-electron chi connectivity index (χ3n) is 3.38. The Morgan fingerprint density at radius 2 is 2.28 bits per heavy atom. The Morgan fingerprint density at radius 1 is 1.56 bits per heavy atom. The number of hydrogen-bond donors (Lipinski definition) is 2. The van der Waals surface area contributed by atoms with Gasteiger partial charge in [-0.05, 0) is 38.9 Å². The van der Waals surface area contributed by atoms with Crippen LogP contribution in [0, 0.1) is 11.3 Å². The van der Waals surface area contributed by atoms with Gasteiger partial charge in [0.05, 0.1) is 11.3 Å². The van der Waals surface area contributed by atoms with Gasteiger partial charge in [0.25, 0.3) is 0 Å². The highest BCUT2D eigenvalue weighted by molar-refractivity contribution is 5.63. The molecule has 1 atom stereocenters. The van der Waals surface area contributed by atoms with Crippen molar-refractivity contribution in [3.63, 3.8) is 0 Å². The minimum Gasteiger partial charge on any atom is -0.396 e. The maximum absolute atomic E-state index is 8.74. The Kier molecular flexibility index (Phi) is 4.00. The quantitative estimate of drug-likeness (QED) is 0.839. The summed E-state index contributed by atoms with van der Waals surface area (Å²) < 4.78 is 0. The summed E-state index contributed by atoms with van der Waals surface area (Å²) in [7, 11) is 0. The monoisotopic (exact) mass is 245 g/mol. The normalized spacial score (nSPS) is 17.3. The van der Waals surface area contributed by atoms with E-state index in [1.54, 1.807) is 12.3 Å². The van der Waals surface area contributed by atoms with Gasteiger partial charge in [0.15, 0.2) is 0 Å². The molecule has 1 aliphatic heterocycles. The third kappa shape index (κ3) is 2.90. The second-order valence-corrected chi connectivity index (χ2v) is 4.75. The van der Waals surface area contributed by atoms with Gasteiger partial charge in [0.1, 0.15) is 11.9 Å². The van der Waals surface area contributed by atoms with E-state index in [-0.39, 0.29) is 0 Å². The van der Waals surface area contributed by atoms with E-state index >= 15 is 0 Å². The minimum atomic E-state index is 0.476. The topological polar surface area (TPSA) is 78.0 Å². The number of anilines is 2. The number of pyridine rings is 1. The van der Waals surface area contributed by atoms with E-state index < -0.39 is 0 Å². The fourth-order valence-corrected chi connectivity index (χ4v) is 2.25. The highest BCUT2D eigenvalue weighted by atomic mass is 15.2. The molecular formula is C13H19N5. The molecule has 96 valence electrons. The van der Waals surface area contributed by atoms with Crippen molar-refractivity contribution in [2.75, 3.05) is 30.7 Å². The zero-order valence-electron chi connectivity index (χ0n) is 10.7. The molecule has 5 nitrogen and oxygen atoms in total. The van der Waals surface area contributed by atoms with Crippen LogP contribution in [0.2, 0.25) is 0 Å². The van der Waals surface area contributed by atoms with Crippen LogP contribution < -0.4 is 11.1 Å². The number of nitrogen functional groups attached to an aromatic ring is 1. The maximum Gasteiger partial charge on any atom is 0.149 e. The van der Waals surface area contributed by atoms with Crippen molar-refractivity contribution in [2.24, 2.45) is 0 Å². The fraction of sp³-hybridized carbons (Fsp3) is 0.538. The van der Waals surface area contributed by atoms with Crippen molar-refractivity contribution >= 4 is 11.5 Å². The molecule has 1 aromatic rings. The van der Waals surface area contributed by atoms with Gasteiger partial charge < -0.3 is 11.1 Å². The number of nitrogens with one attached hydrogen (secondary N) is 1. The van der Waals surface area contributed by atoms with Crippen molar-refractivity contribution in [3.8, 4) is 6.07 Å². The summed E-state index contributed by atoms with van der Waals surface area (Å²) in [5.74, 6) is 0.667. The lowest BCUT2D eigenvalue weighted by Gasteiger charge is -2.24. The molecule has 18 heavy (non-hydrogen) atoms. The second-order valence-electron chi connectivity index (χ2n) is 4.75. The zero-order chi connectivity index (χ0) is 13.0. The van der Waals surface area contributed by atoms with Crippen molar-refractivity contribution in [1.82, 2.24) is 9.88 Å². The third-order valence-corrected chi connectivity index (χ3v) is 3.38. The van der Waals surface area contributed by atoms with Crippen molar-refractivity contribution < 1.29 is 0 Å². The number of likely N-dealkylation sites (tertiary alicyclic amines) is 1. The molecular weight excluding hydrogens is 226 g/mol. The van der Waals surface area contributed by atoms with Gasteiger partial charge in [-0.15, -0.1) is 0 Å². The van der Waals surface area contributed by atoms with Crippen molar-refractivity contribution in [3.05, 3.63) is 17.8 Å². The highest BCUT2D eigenvalue weighted by Gasteiger charge is 2.17. The van der Waals surface area contributed by atoms with Gasteiger partial charge in [-0.1, -0.05) is 0 Å². The molecule has 1 aliphatic rings. The molecule has 1 unspecified atom stereocenters. The summed E-state index contributed by atoms with van der Waals surface area (Å²) in [5.41, 5.74) is 6.87. The predicted molar refractivity (Wildman–Crippen MR) is 72.1 cm³/mol. The summed E-state index contributed by atoms with van der Waals surface area (Å²) in [6.45, 7) is 5.39. The van der Waals surface area contributed by atoms with Gasteiger partial charge in [-0.2, -0.15) is 5.26 Å². The van der Waals surface area contributed by atoms with Crippen LogP contribution >= 0.6 is 0 Å². The van der Waals surface area contributed by atoms with Crippen LogP contribution in [-0.4, -0.2) is 35.6 Å². The molecule has 0 aromatic carbocycles. The van der Waals surface area contributed by atoms with Crippen LogP contribution in [0.3, 0.4) is 0 Å². The number of nitriles is 1. The molecule has 0 amide bonds. The number of nitrogens with two attached hydrogens (primary N) is 1. The summed E-state index contributed by atoms with van der Waals surface area (Å²) in [6, 6.07) is 4.15. The first-order valence-corrected chi connectivity index (χ1v) is 6.34. The van der Waals surface area contributed by atoms with Crippen LogP contribution in [0.15, 0.2) is 12.3 Å². The summed E-state index contributed by atoms with van der Waals surface area (Å²) >= 11 is 0. The largest absolute Gasteiger partial charge is 0.396 e. The molecule has 3 N–H and O–H groups in total.